The highest BCUT2D eigenvalue weighted by Crippen LogP contribution is 2.31. The Morgan fingerprint density at radius 1 is 1.28 bits per heavy atom. The zero-order valence-electron chi connectivity index (χ0n) is 17.1. The van der Waals surface area contributed by atoms with Crippen LogP contribution in [-0.4, -0.2) is 39.2 Å². The van der Waals surface area contributed by atoms with Gasteiger partial charge in [0.05, 0.1) is 18.0 Å². The van der Waals surface area contributed by atoms with Gasteiger partial charge < -0.3 is 10.1 Å². The van der Waals surface area contributed by atoms with Crippen LogP contribution in [0, 0.1) is 5.92 Å². The lowest BCUT2D eigenvalue weighted by atomic mass is 10.1. The second kappa shape index (κ2) is 9.85. The first-order valence-corrected chi connectivity index (χ1v) is 11.3. The van der Waals surface area contributed by atoms with Gasteiger partial charge in [0.1, 0.15) is 10.7 Å². The lowest BCUT2D eigenvalue weighted by molar-refractivity contribution is 0.101. The number of nitrogens with one attached hydrogen (secondary N) is 1. The third-order valence-corrected chi connectivity index (χ3v) is 6.11. The van der Waals surface area contributed by atoms with E-state index in [0.29, 0.717) is 41.7 Å². The van der Waals surface area contributed by atoms with Gasteiger partial charge in [-0.25, -0.2) is 4.98 Å². The molecule has 0 unspecified atom stereocenters. The molecule has 1 aromatic carbocycles. The summed E-state index contributed by atoms with van der Waals surface area (Å²) in [4.78, 5) is 23.4. The van der Waals surface area contributed by atoms with Gasteiger partial charge in [-0.1, -0.05) is 44.5 Å². The van der Waals surface area contributed by atoms with Crippen molar-refractivity contribution in [2.75, 3.05) is 13.1 Å². The van der Waals surface area contributed by atoms with Crippen LogP contribution >= 0.6 is 22.9 Å². The van der Waals surface area contributed by atoms with E-state index in [1.54, 1.807) is 0 Å². The van der Waals surface area contributed by atoms with Gasteiger partial charge in [0.15, 0.2) is 0 Å². The fourth-order valence-electron chi connectivity index (χ4n) is 3.22. The van der Waals surface area contributed by atoms with E-state index in [2.05, 4.69) is 23.7 Å². The second-order valence-electron chi connectivity index (χ2n) is 7.83. The summed E-state index contributed by atoms with van der Waals surface area (Å²) in [5, 5.41) is 13.4. The first-order chi connectivity index (χ1) is 13.9. The molecule has 7 heteroatoms. The quantitative estimate of drug-likeness (QED) is 0.502. The average molecular weight is 434 g/mol. The van der Waals surface area contributed by atoms with Crippen LogP contribution in [0.2, 0.25) is 5.02 Å². The molecule has 0 spiro atoms. The van der Waals surface area contributed by atoms with Crippen LogP contribution in [0.1, 0.15) is 39.4 Å². The Labute approximate surface area is 180 Å². The number of aliphatic hydroxyl groups is 1. The van der Waals surface area contributed by atoms with Gasteiger partial charge in [-0.15, -0.1) is 11.3 Å². The normalized spacial score (nSPS) is 12.9. The van der Waals surface area contributed by atoms with Gasteiger partial charge in [0.25, 0.3) is 5.56 Å². The zero-order valence-corrected chi connectivity index (χ0v) is 18.7. The SMILES string of the molecule is CC[C@H](O)CN(CCC(C)C)Cc1nc2scc(-c3ccc(Cl)cc3)c2c(=O)[nH]1. The van der Waals surface area contributed by atoms with Crippen LogP contribution in [0.3, 0.4) is 0 Å². The standard InChI is InChI=1S/C22H28ClN3O2S/c1-4-17(27)11-26(10-9-14(2)3)12-19-24-21(28)20-18(13-29-22(20)25-19)15-5-7-16(23)8-6-15/h5-8,13-14,17,27H,4,9-12H2,1-3H3,(H,24,25,28)/t17-/m0/s1. The Bertz CT molecular complexity index is 997. The number of thiophene rings is 1. The molecule has 5 nitrogen and oxygen atoms in total. The fraction of sp³-hybridized carbons (Fsp3) is 0.455. The van der Waals surface area contributed by atoms with Crippen molar-refractivity contribution in [3.63, 3.8) is 0 Å². The van der Waals surface area contributed by atoms with Crippen molar-refractivity contribution >= 4 is 33.2 Å². The molecule has 0 saturated heterocycles. The maximum absolute atomic E-state index is 12.9. The molecule has 0 radical (unpaired) electrons. The molecular weight excluding hydrogens is 406 g/mol. The van der Waals surface area contributed by atoms with Crippen molar-refractivity contribution in [3.05, 3.63) is 50.8 Å². The molecule has 0 fully saturated rings. The number of aliphatic hydroxyl groups excluding tert-OH is 1. The van der Waals surface area contributed by atoms with Gasteiger partial charge in [-0.2, -0.15) is 0 Å². The monoisotopic (exact) mass is 433 g/mol. The fourth-order valence-corrected chi connectivity index (χ4v) is 4.32. The molecule has 2 N–H and O–H groups in total. The molecular formula is C22H28ClN3O2S. The number of benzene rings is 1. The molecule has 3 aromatic rings. The first-order valence-electron chi connectivity index (χ1n) is 10.0. The maximum atomic E-state index is 12.9. The highest BCUT2D eigenvalue weighted by Gasteiger charge is 2.16. The largest absolute Gasteiger partial charge is 0.392 e. The van der Waals surface area contributed by atoms with E-state index in [9.17, 15) is 9.90 Å². The Hall–Kier alpha value is -1.73. The van der Waals surface area contributed by atoms with Crippen molar-refractivity contribution in [1.82, 2.24) is 14.9 Å². The first kappa shape index (κ1) is 22.0. The number of hydrogen-bond acceptors (Lipinski definition) is 5. The molecule has 0 amide bonds. The van der Waals surface area contributed by atoms with Crippen molar-refractivity contribution in [1.29, 1.82) is 0 Å². The van der Waals surface area contributed by atoms with Crippen LogP contribution in [0.4, 0.5) is 0 Å². The lowest BCUT2D eigenvalue weighted by Crippen LogP contribution is -2.34. The molecule has 2 aromatic heterocycles. The van der Waals surface area contributed by atoms with Gasteiger partial charge in [-0.05, 0) is 43.0 Å². The number of nitrogens with zero attached hydrogens (tertiary/aromatic N) is 2. The highest BCUT2D eigenvalue weighted by atomic mass is 35.5. The maximum Gasteiger partial charge on any atom is 0.260 e. The van der Waals surface area contributed by atoms with Crippen molar-refractivity contribution in [2.24, 2.45) is 5.92 Å². The Balaban J connectivity index is 1.88. The number of hydrogen-bond donors (Lipinski definition) is 2. The third-order valence-electron chi connectivity index (χ3n) is 4.98. The summed E-state index contributed by atoms with van der Waals surface area (Å²) < 4.78 is 0. The Kier molecular flexibility index (Phi) is 7.46. The van der Waals surface area contributed by atoms with Crippen molar-refractivity contribution in [3.8, 4) is 11.1 Å². The predicted octanol–water partition coefficient (Wildman–Crippen LogP) is 4.92. The summed E-state index contributed by atoms with van der Waals surface area (Å²) in [5.74, 6) is 1.21. The van der Waals surface area contributed by atoms with E-state index >= 15 is 0 Å². The van der Waals surface area contributed by atoms with Crippen LogP contribution in [0.25, 0.3) is 21.3 Å². The van der Waals surface area contributed by atoms with Gasteiger partial charge in [0, 0.05) is 22.5 Å². The lowest BCUT2D eigenvalue weighted by Gasteiger charge is -2.25. The van der Waals surface area contributed by atoms with E-state index in [4.69, 9.17) is 16.6 Å². The number of aromatic nitrogens is 2. The molecule has 2 heterocycles. The summed E-state index contributed by atoms with van der Waals surface area (Å²) in [6, 6.07) is 7.47. The minimum Gasteiger partial charge on any atom is -0.392 e. The molecule has 0 saturated carbocycles. The molecule has 0 aliphatic heterocycles. The molecule has 29 heavy (non-hydrogen) atoms. The second-order valence-corrected chi connectivity index (χ2v) is 9.12. The summed E-state index contributed by atoms with van der Waals surface area (Å²) in [6.07, 6.45) is 1.36. The van der Waals surface area contributed by atoms with E-state index in [1.165, 1.54) is 11.3 Å². The minimum absolute atomic E-state index is 0.129. The van der Waals surface area contributed by atoms with Gasteiger partial charge in [0.2, 0.25) is 0 Å². The van der Waals surface area contributed by atoms with Crippen LogP contribution in [-0.2, 0) is 6.54 Å². The highest BCUT2D eigenvalue weighted by molar-refractivity contribution is 7.17. The van der Waals surface area contributed by atoms with E-state index in [1.807, 2.05) is 36.6 Å². The number of fused-ring (bicyclic) bond motifs is 1. The minimum atomic E-state index is -0.379. The summed E-state index contributed by atoms with van der Waals surface area (Å²) in [5.41, 5.74) is 1.70. The number of halogens is 1. The van der Waals surface area contributed by atoms with E-state index in [-0.39, 0.29) is 11.7 Å². The molecule has 0 bridgehead atoms. The molecule has 0 aliphatic rings. The number of H-pyrrole nitrogens is 1. The van der Waals surface area contributed by atoms with Crippen LogP contribution < -0.4 is 5.56 Å². The van der Waals surface area contributed by atoms with Crippen molar-refractivity contribution in [2.45, 2.75) is 46.3 Å². The van der Waals surface area contributed by atoms with Gasteiger partial charge >= 0.3 is 0 Å². The Morgan fingerprint density at radius 3 is 2.66 bits per heavy atom. The number of aromatic amines is 1. The zero-order chi connectivity index (χ0) is 21.0. The topological polar surface area (TPSA) is 69.2 Å². The van der Waals surface area contributed by atoms with E-state index < -0.39 is 0 Å². The summed E-state index contributed by atoms with van der Waals surface area (Å²) in [7, 11) is 0. The van der Waals surface area contributed by atoms with Gasteiger partial charge in [-0.3, -0.25) is 9.69 Å². The smallest absolute Gasteiger partial charge is 0.260 e. The van der Waals surface area contributed by atoms with Crippen LogP contribution in [0.15, 0.2) is 34.4 Å². The molecule has 1 atom stereocenters. The molecule has 156 valence electrons. The summed E-state index contributed by atoms with van der Waals surface area (Å²) in [6.45, 7) is 8.29. The molecule has 0 aliphatic carbocycles. The number of rotatable bonds is 9. The van der Waals surface area contributed by atoms with Crippen molar-refractivity contribution < 1.29 is 5.11 Å². The predicted molar refractivity (Wildman–Crippen MR) is 122 cm³/mol. The summed E-state index contributed by atoms with van der Waals surface area (Å²) >= 11 is 7.46. The van der Waals surface area contributed by atoms with Crippen LogP contribution in [0.5, 0.6) is 0 Å². The van der Waals surface area contributed by atoms with E-state index in [0.717, 1.165) is 28.9 Å². The third kappa shape index (κ3) is 5.66. The average Bonchev–Trinajstić information content (AvgIpc) is 3.11. The Morgan fingerprint density at radius 2 is 2.00 bits per heavy atom. The molecule has 3 rings (SSSR count).